The van der Waals surface area contributed by atoms with Crippen LogP contribution >= 0.6 is 0 Å². The zero-order valence-corrected chi connectivity index (χ0v) is 14.3. The molecule has 4 nitrogen and oxygen atoms in total. The largest absolute Gasteiger partial charge is 0.444 e. The summed E-state index contributed by atoms with van der Waals surface area (Å²) in [6, 6.07) is 0. The summed E-state index contributed by atoms with van der Waals surface area (Å²) in [6.45, 7) is 15.8. The molecule has 1 heterocycles. The van der Waals surface area contributed by atoms with Crippen LogP contribution in [-0.2, 0) is 9.47 Å². The van der Waals surface area contributed by atoms with Crippen molar-refractivity contribution in [1.82, 2.24) is 4.90 Å². The van der Waals surface area contributed by atoms with Crippen molar-refractivity contribution in [2.75, 3.05) is 19.7 Å². The van der Waals surface area contributed by atoms with Crippen LogP contribution < -0.4 is 0 Å². The Balaban J connectivity index is 2.67. The van der Waals surface area contributed by atoms with E-state index in [0.717, 1.165) is 37.8 Å². The van der Waals surface area contributed by atoms with Gasteiger partial charge in [-0.25, -0.2) is 4.79 Å². The van der Waals surface area contributed by atoms with Crippen LogP contribution in [0, 0.1) is 0 Å². The molecule has 0 radical (unpaired) electrons. The zero-order valence-electron chi connectivity index (χ0n) is 14.3. The topological polar surface area (TPSA) is 38.8 Å². The Labute approximate surface area is 129 Å². The molecular weight excluding hydrogens is 266 g/mol. The number of carbonyl (C=O) groups is 1. The number of nitrogens with zero attached hydrogens (tertiary/aromatic N) is 1. The van der Waals surface area contributed by atoms with Gasteiger partial charge in [-0.05, 0) is 46.5 Å². The third kappa shape index (κ3) is 5.70. The smallest absolute Gasteiger partial charge is 0.410 e. The molecule has 0 N–H and O–H groups in total. The van der Waals surface area contributed by atoms with Gasteiger partial charge in [0, 0.05) is 6.54 Å². The predicted molar refractivity (Wildman–Crippen MR) is 85.4 cm³/mol. The first-order valence-corrected chi connectivity index (χ1v) is 8.00. The Hall–Kier alpha value is -1.03. The van der Waals surface area contributed by atoms with Crippen molar-refractivity contribution >= 4 is 6.09 Å². The van der Waals surface area contributed by atoms with Gasteiger partial charge in [-0.3, -0.25) is 0 Å². The third-order valence-corrected chi connectivity index (χ3v) is 3.92. The molecule has 1 aliphatic rings. The lowest BCUT2D eigenvalue weighted by atomic mass is 9.90. The van der Waals surface area contributed by atoms with E-state index in [9.17, 15) is 4.79 Å². The van der Waals surface area contributed by atoms with Crippen LogP contribution in [0.3, 0.4) is 0 Å². The number of ether oxygens (including phenoxy) is 2. The van der Waals surface area contributed by atoms with Crippen LogP contribution in [0.25, 0.3) is 0 Å². The number of likely N-dealkylation sites (tertiary alicyclic amines) is 1. The highest BCUT2D eigenvalue weighted by atomic mass is 16.6. The Morgan fingerprint density at radius 3 is 2.52 bits per heavy atom. The summed E-state index contributed by atoms with van der Waals surface area (Å²) in [5.74, 6) is 0. The molecule has 1 atom stereocenters. The van der Waals surface area contributed by atoms with Gasteiger partial charge < -0.3 is 14.4 Å². The van der Waals surface area contributed by atoms with Crippen molar-refractivity contribution in [1.29, 1.82) is 0 Å². The molecule has 1 unspecified atom stereocenters. The lowest BCUT2D eigenvalue weighted by Gasteiger charge is -2.42. The molecule has 0 aromatic rings. The van der Waals surface area contributed by atoms with Gasteiger partial charge >= 0.3 is 6.09 Å². The lowest BCUT2D eigenvalue weighted by Crippen LogP contribution is -2.52. The summed E-state index contributed by atoms with van der Waals surface area (Å²) in [4.78, 5) is 14.0. The fourth-order valence-electron chi connectivity index (χ4n) is 2.45. The van der Waals surface area contributed by atoms with Crippen LogP contribution in [-0.4, -0.2) is 41.9 Å². The van der Waals surface area contributed by atoms with Crippen LogP contribution in [0.15, 0.2) is 12.2 Å². The minimum absolute atomic E-state index is 0.238. The lowest BCUT2D eigenvalue weighted by molar-refractivity contribution is -0.0860. The third-order valence-electron chi connectivity index (χ3n) is 3.92. The molecule has 4 heteroatoms. The summed E-state index contributed by atoms with van der Waals surface area (Å²) in [6.07, 6.45) is 3.52. The highest BCUT2D eigenvalue weighted by Crippen LogP contribution is 2.30. The van der Waals surface area contributed by atoms with Crippen LogP contribution in [0.2, 0.25) is 0 Å². The first-order valence-electron chi connectivity index (χ1n) is 8.00. The van der Waals surface area contributed by atoms with Gasteiger partial charge in [0.15, 0.2) is 0 Å². The number of carbonyl (C=O) groups excluding carboxylic acids is 1. The molecule has 1 aliphatic heterocycles. The van der Waals surface area contributed by atoms with Gasteiger partial charge in [-0.1, -0.05) is 26.0 Å². The van der Waals surface area contributed by atoms with Gasteiger partial charge in [-0.15, -0.1) is 0 Å². The Bertz CT molecular complexity index is 373. The van der Waals surface area contributed by atoms with E-state index >= 15 is 0 Å². The molecule has 1 saturated heterocycles. The number of piperidine rings is 1. The average Bonchev–Trinajstić information content (AvgIpc) is 2.43. The molecule has 21 heavy (non-hydrogen) atoms. The molecule has 1 amide bonds. The molecule has 1 rings (SSSR count). The van der Waals surface area contributed by atoms with Crippen LogP contribution in [0.4, 0.5) is 4.79 Å². The van der Waals surface area contributed by atoms with Crippen molar-refractivity contribution in [3.63, 3.8) is 0 Å². The van der Waals surface area contributed by atoms with E-state index in [1.54, 1.807) is 4.90 Å². The highest BCUT2D eigenvalue weighted by molar-refractivity contribution is 5.68. The Kier molecular flexibility index (Phi) is 6.26. The SMILES string of the molecule is C=C(CC)COC1(CC)CCCN(C(=O)OC(C)(C)C)C1. The van der Waals surface area contributed by atoms with E-state index < -0.39 is 5.60 Å². The van der Waals surface area contributed by atoms with E-state index in [2.05, 4.69) is 20.4 Å². The van der Waals surface area contributed by atoms with Crippen molar-refractivity contribution < 1.29 is 14.3 Å². The van der Waals surface area contributed by atoms with E-state index in [1.165, 1.54) is 0 Å². The molecule has 1 fully saturated rings. The average molecular weight is 297 g/mol. The van der Waals surface area contributed by atoms with Crippen molar-refractivity contribution in [3.8, 4) is 0 Å². The molecule has 0 aromatic carbocycles. The number of hydrogen-bond donors (Lipinski definition) is 0. The summed E-state index contributed by atoms with van der Waals surface area (Å²) < 4.78 is 11.6. The van der Waals surface area contributed by atoms with E-state index in [4.69, 9.17) is 9.47 Å². The molecule has 0 aromatic heterocycles. The molecule has 0 aliphatic carbocycles. The van der Waals surface area contributed by atoms with Crippen molar-refractivity contribution in [2.45, 2.75) is 71.5 Å². The highest BCUT2D eigenvalue weighted by Gasteiger charge is 2.38. The Morgan fingerprint density at radius 1 is 1.33 bits per heavy atom. The maximum Gasteiger partial charge on any atom is 0.410 e. The van der Waals surface area contributed by atoms with Gasteiger partial charge in [0.25, 0.3) is 0 Å². The van der Waals surface area contributed by atoms with E-state index in [-0.39, 0.29) is 11.7 Å². The van der Waals surface area contributed by atoms with Gasteiger partial charge in [0.05, 0.1) is 18.8 Å². The molecule has 0 bridgehead atoms. The fourth-order valence-corrected chi connectivity index (χ4v) is 2.45. The summed E-state index contributed by atoms with van der Waals surface area (Å²) in [5.41, 5.74) is 0.380. The predicted octanol–water partition coefficient (Wildman–Crippen LogP) is 4.15. The minimum atomic E-state index is -0.458. The van der Waals surface area contributed by atoms with Gasteiger partial charge in [0.1, 0.15) is 5.60 Å². The molecule has 122 valence electrons. The number of hydrogen-bond acceptors (Lipinski definition) is 3. The molecule has 0 spiro atoms. The summed E-state index contributed by atoms with van der Waals surface area (Å²) in [5, 5.41) is 0. The number of rotatable bonds is 5. The van der Waals surface area contributed by atoms with E-state index in [0.29, 0.717) is 13.2 Å². The summed E-state index contributed by atoms with van der Waals surface area (Å²) in [7, 11) is 0. The standard InChI is InChI=1S/C17H31NO3/c1-7-14(3)12-20-17(8-2)10-9-11-18(13-17)15(19)21-16(4,5)6/h3,7-13H2,1-2,4-6H3. The Morgan fingerprint density at radius 2 is 2.00 bits per heavy atom. The van der Waals surface area contributed by atoms with E-state index in [1.807, 2.05) is 20.8 Å². The van der Waals surface area contributed by atoms with Crippen LogP contribution in [0.5, 0.6) is 0 Å². The summed E-state index contributed by atoms with van der Waals surface area (Å²) >= 11 is 0. The quantitative estimate of drug-likeness (QED) is 0.716. The van der Waals surface area contributed by atoms with Crippen molar-refractivity contribution in [2.24, 2.45) is 0 Å². The minimum Gasteiger partial charge on any atom is -0.444 e. The van der Waals surface area contributed by atoms with Gasteiger partial charge in [-0.2, -0.15) is 0 Å². The van der Waals surface area contributed by atoms with Crippen LogP contribution in [0.1, 0.15) is 60.3 Å². The maximum atomic E-state index is 12.2. The monoisotopic (exact) mass is 297 g/mol. The first-order chi connectivity index (χ1) is 9.71. The number of amides is 1. The second-order valence-electron chi connectivity index (χ2n) is 6.93. The zero-order chi connectivity index (χ0) is 16.1. The van der Waals surface area contributed by atoms with Gasteiger partial charge in [0.2, 0.25) is 0 Å². The van der Waals surface area contributed by atoms with Crippen molar-refractivity contribution in [3.05, 3.63) is 12.2 Å². The second kappa shape index (κ2) is 7.30. The fraction of sp³-hybridized carbons (Fsp3) is 0.824. The second-order valence-corrected chi connectivity index (χ2v) is 6.93. The maximum absolute atomic E-state index is 12.2. The first kappa shape index (κ1) is 18.0. The normalized spacial score (nSPS) is 23.0. The molecule has 0 saturated carbocycles. The molecular formula is C17H31NO3.